The lowest BCUT2D eigenvalue weighted by molar-refractivity contribution is 0.256. The van der Waals surface area contributed by atoms with Crippen LogP contribution in [0.4, 0.5) is 0 Å². The van der Waals surface area contributed by atoms with E-state index in [0.717, 1.165) is 12.5 Å². The Hall–Kier alpha value is -0.0800. The minimum Gasteiger partial charge on any atom is -0.315 e. The molecular weight excluding hydrogens is 172 g/mol. The monoisotopic (exact) mass is 200 g/mol. The quantitative estimate of drug-likeness (QED) is 0.575. The number of unbranched alkanes of at least 4 members (excludes halogenated alkanes) is 1. The van der Waals surface area contributed by atoms with Gasteiger partial charge in [-0.05, 0) is 25.4 Å². The third-order valence-electron chi connectivity index (χ3n) is 2.38. The highest BCUT2D eigenvalue weighted by Gasteiger charge is 2.03. The normalized spacial score (nSPS) is 11.6. The molecular formula is C12H28N2. The molecule has 0 unspecified atom stereocenters. The Morgan fingerprint density at radius 3 is 2.36 bits per heavy atom. The fraction of sp³-hybridized carbons (Fsp3) is 1.00. The summed E-state index contributed by atoms with van der Waals surface area (Å²) >= 11 is 0. The van der Waals surface area contributed by atoms with Gasteiger partial charge in [0.15, 0.2) is 0 Å². The molecule has 0 aliphatic carbocycles. The second kappa shape index (κ2) is 9.47. The summed E-state index contributed by atoms with van der Waals surface area (Å²) in [5, 5.41) is 3.48. The molecule has 0 aromatic heterocycles. The summed E-state index contributed by atoms with van der Waals surface area (Å²) < 4.78 is 0. The van der Waals surface area contributed by atoms with Crippen molar-refractivity contribution in [3.05, 3.63) is 0 Å². The molecule has 0 aromatic rings. The second-order valence-corrected chi connectivity index (χ2v) is 4.39. The second-order valence-electron chi connectivity index (χ2n) is 4.39. The summed E-state index contributed by atoms with van der Waals surface area (Å²) in [5.41, 5.74) is 0. The van der Waals surface area contributed by atoms with Gasteiger partial charge in [-0.1, -0.05) is 34.1 Å². The average Bonchev–Trinajstić information content (AvgIpc) is 2.15. The predicted molar refractivity (Wildman–Crippen MR) is 64.7 cm³/mol. The molecule has 0 radical (unpaired) electrons. The zero-order valence-corrected chi connectivity index (χ0v) is 10.5. The Balaban J connectivity index is 3.33. The zero-order valence-electron chi connectivity index (χ0n) is 10.5. The molecule has 2 heteroatoms. The van der Waals surface area contributed by atoms with Gasteiger partial charge in [0.1, 0.15) is 0 Å². The van der Waals surface area contributed by atoms with Crippen LogP contribution in [0.2, 0.25) is 0 Å². The first kappa shape index (κ1) is 13.9. The summed E-state index contributed by atoms with van der Waals surface area (Å²) in [6, 6.07) is 0. The molecule has 0 aliphatic rings. The summed E-state index contributed by atoms with van der Waals surface area (Å²) in [5.74, 6) is 0.783. The molecule has 0 saturated carbocycles. The molecule has 0 aromatic carbocycles. The van der Waals surface area contributed by atoms with Crippen molar-refractivity contribution >= 4 is 0 Å². The van der Waals surface area contributed by atoms with Crippen LogP contribution in [0.25, 0.3) is 0 Å². The van der Waals surface area contributed by atoms with Gasteiger partial charge in [-0.3, -0.25) is 0 Å². The van der Waals surface area contributed by atoms with Crippen molar-refractivity contribution in [3.8, 4) is 0 Å². The molecule has 0 amide bonds. The standard InChI is InChI=1S/C12H28N2/c1-5-7-8-13-9-10-14(6-2)11-12(3)4/h12-13H,5-11H2,1-4H3. The zero-order chi connectivity index (χ0) is 10.8. The van der Waals surface area contributed by atoms with Crippen molar-refractivity contribution in [1.29, 1.82) is 0 Å². The highest BCUT2D eigenvalue weighted by atomic mass is 15.1. The van der Waals surface area contributed by atoms with Gasteiger partial charge in [0.05, 0.1) is 0 Å². The van der Waals surface area contributed by atoms with Crippen LogP contribution in [-0.4, -0.2) is 37.6 Å². The Morgan fingerprint density at radius 2 is 1.86 bits per heavy atom. The van der Waals surface area contributed by atoms with Crippen molar-refractivity contribution < 1.29 is 0 Å². The molecule has 86 valence electrons. The van der Waals surface area contributed by atoms with Crippen LogP contribution in [0.15, 0.2) is 0 Å². The van der Waals surface area contributed by atoms with E-state index in [-0.39, 0.29) is 0 Å². The van der Waals surface area contributed by atoms with E-state index in [1.165, 1.54) is 39.0 Å². The third-order valence-corrected chi connectivity index (χ3v) is 2.38. The lowest BCUT2D eigenvalue weighted by Gasteiger charge is -2.22. The van der Waals surface area contributed by atoms with Crippen molar-refractivity contribution in [1.82, 2.24) is 10.2 Å². The molecule has 0 rings (SSSR count). The SMILES string of the molecule is CCCCNCCN(CC)CC(C)C. The first-order valence-corrected chi connectivity index (χ1v) is 6.13. The first-order chi connectivity index (χ1) is 6.70. The molecule has 0 aliphatic heterocycles. The first-order valence-electron chi connectivity index (χ1n) is 6.13. The van der Waals surface area contributed by atoms with E-state index in [4.69, 9.17) is 0 Å². The van der Waals surface area contributed by atoms with E-state index < -0.39 is 0 Å². The van der Waals surface area contributed by atoms with Crippen molar-refractivity contribution in [2.45, 2.75) is 40.5 Å². The number of nitrogens with one attached hydrogen (secondary N) is 1. The molecule has 0 fully saturated rings. The van der Waals surface area contributed by atoms with Crippen LogP contribution in [-0.2, 0) is 0 Å². The van der Waals surface area contributed by atoms with Gasteiger partial charge in [0.2, 0.25) is 0 Å². The molecule has 2 nitrogen and oxygen atoms in total. The fourth-order valence-corrected chi connectivity index (χ4v) is 1.56. The highest BCUT2D eigenvalue weighted by molar-refractivity contribution is 4.60. The maximum atomic E-state index is 3.48. The molecule has 1 N–H and O–H groups in total. The molecule has 0 spiro atoms. The Kier molecular flexibility index (Phi) is 9.42. The van der Waals surface area contributed by atoms with E-state index in [1.807, 2.05) is 0 Å². The number of hydrogen-bond donors (Lipinski definition) is 1. The van der Waals surface area contributed by atoms with Gasteiger partial charge in [0.25, 0.3) is 0 Å². The van der Waals surface area contributed by atoms with Crippen LogP contribution in [0.3, 0.4) is 0 Å². The van der Waals surface area contributed by atoms with Gasteiger partial charge in [-0.25, -0.2) is 0 Å². The van der Waals surface area contributed by atoms with E-state index in [9.17, 15) is 0 Å². The predicted octanol–water partition coefficient (Wildman–Crippen LogP) is 2.35. The summed E-state index contributed by atoms with van der Waals surface area (Å²) in [6.07, 6.45) is 2.59. The number of rotatable bonds is 9. The minimum atomic E-state index is 0.783. The van der Waals surface area contributed by atoms with Crippen LogP contribution in [0.5, 0.6) is 0 Å². The van der Waals surface area contributed by atoms with Crippen LogP contribution < -0.4 is 5.32 Å². The van der Waals surface area contributed by atoms with Gasteiger partial charge < -0.3 is 10.2 Å². The van der Waals surface area contributed by atoms with Gasteiger partial charge >= 0.3 is 0 Å². The molecule has 0 atom stereocenters. The highest BCUT2D eigenvalue weighted by Crippen LogP contribution is 1.97. The fourth-order valence-electron chi connectivity index (χ4n) is 1.56. The largest absolute Gasteiger partial charge is 0.315 e. The van der Waals surface area contributed by atoms with Gasteiger partial charge in [0, 0.05) is 19.6 Å². The Morgan fingerprint density at radius 1 is 1.14 bits per heavy atom. The summed E-state index contributed by atoms with van der Waals surface area (Å²) in [4.78, 5) is 2.52. The van der Waals surface area contributed by atoms with Crippen LogP contribution in [0, 0.1) is 5.92 Å². The van der Waals surface area contributed by atoms with E-state index >= 15 is 0 Å². The van der Waals surface area contributed by atoms with E-state index in [0.29, 0.717) is 0 Å². The molecule has 0 bridgehead atoms. The Labute approximate surface area is 90.1 Å². The maximum Gasteiger partial charge on any atom is 0.0107 e. The smallest absolute Gasteiger partial charge is 0.0107 e. The number of nitrogens with zero attached hydrogens (tertiary/aromatic N) is 1. The van der Waals surface area contributed by atoms with Gasteiger partial charge in [-0.15, -0.1) is 0 Å². The minimum absolute atomic E-state index is 0.783. The molecule has 14 heavy (non-hydrogen) atoms. The summed E-state index contributed by atoms with van der Waals surface area (Å²) in [7, 11) is 0. The van der Waals surface area contributed by atoms with Crippen LogP contribution >= 0.6 is 0 Å². The van der Waals surface area contributed by atoms with Crippen LogP contribution in [0.1, 0.15) is 40.5 Å². The average molecular weight is 200 g/mol. The number of likely N-dealkylation sites (N-methyl/N-ethyl adjacent to an activating group) is 1. The molecule has 0 heterocycles. The third kappa shape index (κ3) is 8.52. The lowest BCUT2D eigenvalue weighted by atomic mass is 10.2. The van der Waals surface area contributed by atoms with Crippen molar-refractivity contribution in [2.24, 2.45) is 5.92 Å². The maximum absolute atomic E-state index is 3.48. The topological polar surface area (TPSA) is 15.3 Å². The van der Waals surface area contributed by atoms with Crippen molar-refractivity contribution in [2.75, 3.05) is 32.7 Å². The summed E-state index contributed by atoms with van der Waals surface area (Å²) in [6.45, 7) is 15.0. The molecule has 0 saturated heterocycles. The van der Waals surface area contributed by atoms with Crippen molar-refractivity contribution in [3.63, 3.8) is 0 Å². The van der Waals surface area contributed by atoms with E-state index in [1.54, 1.807) is 0 Å². The van der Waals surface area contributed by atoms with E-state index in [2.05, 4.69) is 37.9 Å². The Bertz CT molecular complexity index is 113. The lowest BCUT2D eigenvalue weighted by Crippen LogP contribution is -2.34. The van der Waals surface area contributed by atoms with Gasteiger partial charge in [-0.2, -0.15) is 0 Å². The number of hydrogen-bond acceptors (Lipinski definition) is 2.